The Labute approximate surface area is 183 Å². The van der Waals surface area contributed by atoms with Crippen LogP contribution in [0.1, 0.15) is 18.1 Å². The Balaban J connectivity index is 1.89. The number of methoxy groups -OCH3 is 1. The molecular weight excluding hydrogens is 434 g/mol. The zero-order chi connectivity index (χ0) is 22.5. The summed E-state index contributed by atoms with van der Waals surface area (Å²) in [4.78, 5) is 0.0414. The quantitative estimate of drug-likeness (QED) is 0.528. The van der Waals surface area contributed by atoms with Crippen molar-refractivity contribution in [2.45, 2.75) is 34.5 Å². The molecule has 0 amide bonds. The largest absolute Gasteiger partial charge is 0.496 e. The number of benzene rings is 3. The minimum absolute atomic E-state index is 0.0213. The van der Waals surface area contributed by atoms with Crippen LogP contribution in [0.15, 0.2) is 87.5 Å². The lowest BCUT2D eigenvalue weighted by atomic mass is 10.1. The summed E-state index contributed by atoms with van der Waals surface area (Å²) in [5.41, 5.74) is 1.43. The van der Waals surface area contributed by atoms with Gasteiger partial charge < -0.3 is 4.74 Å². The lowest BCUT2D eigenvalue weighted by Crippen LogP contribution is -2.27. The Hall–Kier alpha value is -2.68. The summed E-state index contributed by atoms with van der Waals surface area (Å²) in [6, 6.07) is 19.6. The van der Waals surface area contributed by atoms with Crippen molar-refractivity contribution in [3.05, 3.63) is 83.9 Å². The fourth-order valence-corrected chi connectivity index (χ4v) is 6.04. The van der Waals surface area contributed by atoms with Crippen molar-refractivity contribution in [3.8, 4) is 5.75 Å². The van der Waals surface area contributed by atoms with Gasteiger partial charge in [0.05, 0.1) is 21.8 Å². The molecule has 3 aromatic rings. The molecule has 0 spiro atoms. The molecule has 0 aliphatic carbocycles. The second kappa shape index (κ2) is 9.64. The second-order valence-electron chi connectivity index (χ2n) is 6.90. The fourth-order valence-electron chi connectivity index (χ4n) is 3.29. The molecule has 3 rings (SSSR count). The molecule has 0 aliphatic heterocycles. The van der Waals surface area contributed by atoms with Gasteiger partial charge in [0, 0.05) is 6.54 Å². The van der Waals surface area contributed by atoms with Gasteiger partial charge >= 0.3 is 0 Å². The highest BCUT2D eigenvalue weighted by Gasteiger charge is 2.23. The van der Waals surface area contributed by atoms with Crippen molar-refractivity contribution in [2.75, 3.05) is 13.7 Å². The lowest BCUT2D eigenvalue weighted by Gasteiger charge is -2.14. The number of sulfone groups is 1. The number of hydrogen-bond donors (Lipinski definition) is 1. The van der Waals surface area contributed by atoms with Gasteiger partial charge in [0.2, 0.25) is 19.9 Å². The highest BCUT2D eigenvalue weighted by Crippen LogP contribution is 2.26. The standard InChI is InChI=1S/C23H25NO5S2/c1-3-18-13-14-21(30(25,26)20-10-5-4-6-11-20)17-23(18)31(27,28)24-16-15-19-9-7-8-12-22(19)29-2/h4-14,17,24H,3,15-16H2,1-2H3. The maximum Gasteiger partial charge on any atom is 0.240 e. The van der Waals surface area contributed by atoms with Crippen LogP contribution in [0.4, 0.5) is 0 Å². The van der Waals surface area contributed by atoms with Crippen molar-refractivity contribution in [2.24, 2.45) is 0 Å². The van der Waals surface area contributed by atoms with E-state index < -0.39 is 19.9 Å². The molecule has 0 saturated heterocycles. The first-order chi connectivity index (χ1) is 14.8. The molecule has 0 atom stereocenters. The third-order valence-electron chi connectivity index (χ3n) is 4.95. The van der Waals surface area contributed by atoms with E-state index in [1.807, 2.05) is 31.2 Å². The molecule has 31 heavy (non-hydrogen) atoms. The third-order valence-corrected chi connectivity index (χ3v) is 8.26. The van der Waals surface area contributed by atoms with Gasteiger partial charge in [0.15, 0.2) is 0 Å². The summed E-state index contributed by atoms with van der Waals surface area (Å²) in [5.74, 6) is 0.687. The summed E-state index contributed by atoms with van der Waals surface area (Å²) in [5, 5.41) is 0. The Morgan fingerprint density at radius 1 is 0.806 bits per heavy atom. The Kier molecular flexibility index (Phi) is 7.15. The van der Waals surface area contributed by atoms with Crippen molar-refractivity contribution in [1.82, 2.24) is 4.72 Å². The normalized spacial score (nSPS) is 11.9. The van der Waals surface area contributed by atoms with Crippen LogP contribution in [-0.4, -0.2) is 30.5 Å². The smallest absolute Gasteiger partial charge is 0.240 e. The number of aryl methyl sites for hydroxylation is 1. The van der Waals surface area contributed by atoms with Gasteiger partial charge in [-0.2, -0.15) is 0 Å². The van der Waals surface area contributed by atoms with Crippen LogP contribution in [0, 0.1) is 0 Å². The lowest BCUT2D eigenvalue weighted by molar-refractivity contribution is 0.409. The van der Waals surface area contributed by atoms with E-state index in [0.717, 1.165) is 5.56 Å². The summed E-state index contributed by atoms with van der Waals surface area (Å²) < 4.78 is 59.9. The van der Waals surface area contributed by atoms with Crippen LogP contribution >= 0.6 is 0 Å². The molecule has 0 aliphatic rings. The number of ether oxygens (including phenoxy) is 1. The van der Waals surface area contributed by atoms with E-state index in [0.29, 0.717) is 24.2 Å². The van der Waals surface area contributed by atoms with Crippen LogP contribution in [0.3, 0.4) is 0 Å². The van der Waals surface area contributed by atoms with Gasteiger partial charge in [-0.05, 0) is 54.3 Å². The number of nitrogens with one attached hydrogen (secondary N) is 1. The van der Waals surface area contributed by atoms with Gasteiger partial charge in [-0.3, -0.25) is 0 Å². The van der Waals surface area contributed by atoms with Crippen LogP contribution in [0.2, 0.25) is 0 Å². The van der Waals surface area contributed by atoms with E-state index in [-0.39, 0.29) is 21.2 Å². The SMILES string of the molecule is CCc1ccc(S(=O)(=O)c2ccccc2)cc1S(=O)(=O)NCCc1ccccc1OC. The van der Waals surface area contributed by atoms with Crippen LogP contribution in [0.5, 0.6) is 5.75 Å². The van der Waals surface area contributed by atoms with Gasteiger partial charge in [0.1, 0.15) is 5.75 Å². The molecule has 0 bridgehead atoms. The summed E-state index contributed by atoms with van der Waals surface area (Å²) in [6.45, 7) is 1.98. The van der Waals surface area contributed by atoms with E-state index in [1.54, 1.807) is 31.4 Å². The molecule has 0 heterocycles. The predicted octanol–water partition coefficient (Wildman–Crippen LogP) is 3.61. The van der Waals surface area contributed by atoms with Gasteiger partial charge in [0.25, 0.3) is 0 Å². The molecule has 0 aromatic heterocycles. The molecule has 3 aromatic carbocycles. The fraction of sp³-hybridized carbons (Fsp3) is 0.217. The van der Waals surface area contributed by atoms with Crippen molar-refractivity contribution in [3.63, 3.8) is 0 Å². The summed E-state index contributed by atoms with van der Waals surface area (Å²) in [7, 11) is -6.18. The topological polar surface area (TPSA) is 89.5 Å². The molecule has 0 radical (unpaired) electrons. The van der Waals surface area contributed by atoms with Crippen LogP contribution < -0.4 is 9.46 Å². The first kappa shape index (κ1) is 23.0. The first-order valence-electron chi connectivity index (χ1n) is 9.84. The van der Waals surface area contributed by atoms with Crippen molar-refractivity contribution < 1.29 is 21.6 Å². The highest BCUT2D eigenvalue weighted by atomic mass is 32.2. The third kappa shape index (κ3) is 5.15. The Morgan fingerprint density at radius 3 is 2.16 bits per heavy atom. The Bertz CT molecular complexity index is 1250. The Morgan fingerprint density at radius 2 is 1.48 bits per heavy atom. The van der Waals surface area contributed by atoms with Crippen molar-refractivity contribution in [1.29, 1.82) is 0 Å². The number of rotatable bonds is 9. The molecule has 6 nitrogen and oxygen atoms in total. The summed E-state index contributed by atoms with van der Waals surface area (Å²) in [6.07, 6.45) is 0.890. The molecule has 0 fully saturated rings. The molecule has 164 valence electrons. The molecule has 1 N–H and O–H groups in total. The molecular formula is C23H25NO5S2. The molecule has 0 saturated carbocycles. The van der Waals surface area contributed by atoms with Crippen molar-refractivity contribution >= 4 is 19.9 Å². The van der Waals surface area contributed by atoms with E-state index in [2.05, 4.69) is 4.72 Å². The minimum atomic E-state index is -3.91. The second-order valence-corrected chi connectivity index (χ2v) is 10.6. The van der Waals surface area contributed by atoms with E-state index in [1.165, 1.54) is 24.3 Å². The van der Waals surface area contributed by atoms with E-state index >= 15 is 0 Å². The average molecular weight is 460 g/mol. The van der Waals surface area contributed by atoms with E-state index in [9.17, 15) is 16.8 Å². The maximum atomic E-state index is 13.0. The monoisotopic (exact) mass is 459 g/mol. The van der Waals surface area contributed by atoms with Gasteiger partial charge in [-0.25, -0.2) is 21.6 Å². The number of sulfonamides is 1. The van der Waals surface area contributed by atoms with E-state index in [4.69, 9.17) is 4.74 Å². The zero-order valence-electron chi connectivity index (χ0n) is 17.4. The first-order valence-corrected chi connectivity index (χ1v) is 12.8. The number of hydrogen-bond acceptors (Lipinski definition) is 5. The van der Waals surface area contributed by atoms with Gasteiger partial charge in [-0.1, -0.05) is 49.4 Å². The minimum Gasteiger partial charge on any atom is -0.496 e. The van der Waals surface area contributed by atoms with Gasteiger partial charge in [-0.15, -0.1) is 0 Å². The zero-order valence-corrected chi connectivity index (χ0v) is 19.0. The van der Waals surface area contributed by atoms with Crippen LogP contribution in [-0.2, 0) is 32.7 Å². The average Bonchev–Trinajstić information content (AvgIpc) is 2.79. The number of para-hydroxylation sites is 1. The summed E-state index contributed by atoms with van der Waals surface area (Å²) >= 11 is 0. The molecule has 0 unspecified atom stereocenters. The highest BCUT2D eigenvalue weighted by molar-refractivity contribution is 7.91. The maximum absolute atomic E-state index is 13.0. The van der Waals surface area contributed by atoms with Crippen LogP contribution in [0.25, 0.3) is 0 Å². The molecule has 8 heteroatoms. The predicted molar refractivity (Wildman–Crippen MR) is 120 cm³/mol.